The predicted octanol–water partition coefficient (Wildman–Crippen LogP) is 3.08. The van der Waals surface area contributed by atoms with Gasteiger partial charge in [-0.3, -0.25) is 4.99 Å². The molecule has 2 rings (SSSR count). The molecule has 0 spiro atoms. The fourth-order valence-electron chi connectivity index (χ4n) is 2.08. The van der Waals surface area contributed by atoms with Gasteiger partial charge in [0.1, 0.15) is 5.76 Å². The van der Waals surface area contributed by atoms with Gasteiger partial charge in [-0.25, -0.2) is 4.98 Å². The molecular weight excluding hydrogens is 417 g/mol. The average molecular weight is 443 g/mol. The summed E-state index contributed by atoms with van der Waals surface area (Å²) in [5.41, 5.74) is 2.07. The highest BCUT2D eigenvalue weighted by Crippen LogP contribution is 2.07. The van der Waals surface area contributed by atoms with Gasteiger partial charge in [0.15, 0.2) is 5.96 Å². The molecule has 24 heavy (non-hydrogen) atoms. The molecule has 0 aliphatic carbocycles. The van der Waals surface area contributed by atoms with Crippen LogP contribution in [0.2, 0.25) is 0 Å². The van der Waals surface area contributed by atoms with Crippen LogP contribution in [0.5, 0.6) is 0 Å². The number of anilines is 1. The van der Waals surface area contributed by atoms with Crippen molar-refractivity contribution in [2.75, 3.05) is 25.5 Å². The summed E-state index contributed by atoms with van der Waals surface area (Å²) in [6.07, 6.45) is 0.993. The summed E-state index contributed by atoms with van der Waals surface area (Å²) >= 11 is 0. The summed E-state index contributed by atoms with van der Waals surface area (Å²) in [5, 5.41) is 9.85. The molecule has 3 N–H and O–H groups in total. The maximum atomic E-state index is 5.53. The second-order valence-corrected chi connectivity index (χ2v) is 5.25. The Morgan fingerprint density at radius 2 is 1.88 bits per heavy atom. The van der Waals surface area contributed by atoms with E-state index in [9.17, 15) is 0 Å². The van der Waals surface area contributed by atoms with Crippen molar-refractivity contribution >= 4 is 35.6 Å². The SMILES string of the molecule is CN=C(NCCCNc1ccccc1)NCc1nc(C)c(C)o1.I. The van der Waals surface area contributed by atoms with Crippen molar-refractivity contribution in [2.24, 2.45) is 4.99 Å². The van der Waals surface area contributed by atoms with E-state index in [4.69, 9.17) is 4.42 Å². The first-order valence-electron chi connectivity index (χ1n) is 7.85. The monoisotopic (exact) mass is 443 g/mol. The lowest BCUT2D eigenvalue weighted by Gasteiger charge is -2.11. The molecule has 0 aliphatic heterocycles. The minimum Gasteiger partial charge on any atom is -0.444 e. The number of halogens is 1. The quantitative estimate of drug-likeness (QED) is 0.266. The molecule has 0 atom stereocenters. The second-order valence-electron chi connectivity index (χ2n) is 5.25. The Balaban J connectivity index is 0.00000288. The molecule has 0 saturated carbocycles. The van der Waals surface area contributed by atoms with Crippen molar-refractivity contribution in [3.8, 4) is 0 Å². The van der Waals surface area contributed by atoms with Crippen LogP contribution in [0.4, 0.5) is 5.69 Å². The van der Waals surface area contributed by atoms with E-state index in [1.165, 1.54) is 0 Å². The molecule has 0 fully saturated rings. The number of hydrogen-bond donors (Lipinski definition) is 3. The van der Waals surface area contributed by atoms with E-state index in [1.54, 1.807) is 7.05 Å². The summed E-state index contributed by atoms with van der Waals surface area (Å²) in [7, 11) is 1.75. The number of benzene rings is 1. The molecule has 1 aromatic heterocycles. The Labute approximate surface area is 160 Å². The molecule has 0 unspecified atom stereocenters. The zero-order valence-electron chi connectivity index (χ0n) is 14.4. The van der Waals surface area contributed by atoms with Crippen LogP contribution in [-0.4, -0.2) is 31.1 Å². The van der Waals surface area contributed by atoms with Crippen molar-refractivity contribution in [3.05, 3.63) is 47.7 Å². The third-order valence-electron chi connectivity index (χ3n) is 3.45. The van der Waals surface area contributed by atoms with E-state index >= 15 is 0 Å². The standard InChI is InChI=1S/C17H25N5O.HI/c1-13-14(2)23-16(22-13)12-21-17(18-3)20-11-7-10-19-15-8-5-4-6-9-15;/h4-6,8-9,19H,7,10-12H2,1-3H3,(H2,18,20,21);1H. The molecule has 2 aromatic rings. The number of hydrogen-bond acceptors (Lipinski definition) is 4. The number of aliphatic imine (C=N–C) groups is 1. The van der Waals surface area contributed by atoms with Crippen molar-refractivity contribution < 1.29 is 4.42 Å². The molecule has 6 nitrogen and oxygen atoms in total. The maximum Gasteiger partial charge on any atom is 0.214 e. The Morgan fingerprint density at radius 3 is 2.50 bits per heavy atom. The van der Waals surface area contributed by atoms with Gasteiger partial charge >= 0.3 is 0 Å². The van der Waals surface area contributed by atoms with Crippen LogP contribution in [0.1, 0.15) is 23.8 Å². The van der Waals surface area contributed by atoms with Gasteiger partial charge < -0.3 is 20.4 Å². The van der Waals surface area contributed by atoms with Gasteiger partial charge in [-0.2, -0.15) is 0 Å². The number of oxazole rings is 1. The van der Waals surface area contributed by atoms with Crippen molar-refractivity contribution in [3.63, 3.8) is 0 Å². The second kappa shape index (κ2) is 10.9. The van der Waals surface area contributed by atoms with Crippen LogP contribution in [0.15, 0.2) is 39.7 Å². The molecular formula is C17H26IN5O. The summed E-state index contributed by atoms with van der Waals surface area (Å²) in [6.45, 7) is 6.12. The topological polar surface area (TPSA) is 74.5 Å². The normalized spacial score (nSPS) is 10.9. The van der Waals surface area contributed by atoms with E-state index in [2.05, 4.69) is 38.1 Å². The van der Waals surface area contributed by atoms with Gasteiger partial charge in [0.2, 0.25) is 5.89 Å². The minimum atomic E-state index is 0. The van der Waals surface area contributed by atoms with E-state index in [0.717, 1.165) is 42.6 Å². The van der Waals surface area contributed by atoms with Crippen LogP contribution in [0.3, 0.4) is 0 Å². The Bertz CT molecular complexity index is 608. The lowest BCUT2D eigenvalue weighted by molar-refractivity contribution is 0.463. The van der Waals surface area contributed by atoms with Gasteiger partial charge in [-0.05, 0) is 32.4 Å². The van der Waals surface area contributed by atoms with Gasteiger partial charge in [0, 0.05) is 25.8 Å². The average Bonchev–Trinajstić information content (AvgIpc) is 2.89. The van der Waals surface area contributed by atoms with Gasteiger partial charge in [-0.15, -0.1) is 24.0 Å². The summed E-state index contributed by atoms with van der Waals surface area (Å²) in [4.78, 5) is 8.53. The van der Waals surface area contributed by atoms with Crippen molar-refractivity contribution in [1.29, 1.82) is 0 Å². The van der Waals surface area contributed by atoms with Crippen molar-refractivity contribution in [1.82, 2.24) is 15.6 Å². The number of aromatic nitrogens is 1. The predicted molar refractivity (Wildman–Crippen MR) is 109 cm³/mol. The van der Waals surface area contributed by atoms with E-state index in [-0.39, 0.29) is 24.0 Å². The van der Waals surface area contributed by atoms with Crippen LogP contribution in [0, 0.1) is 13.8 Å². The summed E-state index contributed by atoms with van der Waals surface area (Å²) in [5.74, 6) is 2.28. The van der Waals surface area contributed by atoms with E-state index < -0.39 is 0 Å². The first kappa shape index (κ1) is 20.3. The molecule has 0 radical (unpaired) electrons. The lowest BCUT2D eigenvalue weighted by atomic mass is 10.3. The third-order valence-corrected chi connectivity index (χ3v) is 3.45. The zero-order chi connectivity index (χ0) is 16.5. The van der Waals surface area contributed by atoms with Gasteiger partial charge in [0.05, 0.1) is 12.2 Å². The van der Waals surface area contributed by atoms with E-state index in [0.29, 0.717) is 12.4 Å². The number of nitrogens with one attached hydrogen (secondary N) is 3. The number of rotatable bonds is 7. The fraction of sp³-hybridized carbons (Fsp3) is 0.412. The molecule has 0 aliphatic rings. The molecule has 1 aromatic carbocycles. The molecule has 0 saturated heterocycles. The summed E-state index contributed by atoms with van der Waals surface area (Å²) < 4.78 is 5.53. The molecule has 132 valence electrons. The third kappa shape index (κ3) is 6.77. The smallest absolute Gasteiger partial charge is 0.214 e. The zero-order valence-corrected chi connectivity index (χ0v) is 16.8. The Hall–Kier alpha value is -1.77. The highest BCUT2D eigenvalue weighted by molar-refractivity contribution is 14.0. The molecule has 7 heteroatoms. The largest absolute Gasteiger partial charge is 0.444 e. The first-order chi connectivity index (χ1) is 11.2. The number of nitrogens with zero attached hydrogens (tertiary/aromatic N) is 2. The minimum absolute atomic E-state index is 0. The first-order valence-corrected chi connectivity index (χ1v) is 7.85. The molecule has 1 heterocycles. The highest BCUT2D eigenvalue weighted by Gasteiger charge is 2.06. The number of guanidine groups is 1. The van der Waals surface area contributed by atoms with Crippen LogP contribution in [-0.2, 0) is 6.54 Å². The number of para-hydroxylation sites is 1. The Morgan fingerprint density at radius 1 is 1.12 bits per heavy atom. The highest BCUT2D eigenvalue weighted by atomic mass is 127. The fourth-order valence-corrected chi connectivity index (χ4v) is 2.08. The van der Waals surface area contributed by atoms with Gasteiger partial charge in [0.25, 0.3) is 0 Å². The lowest BCUT2D eigenvalue weighted by Crippen LogP contribution is -2.37. The molecule has 0 bridgehead atoms. The van der Waals surface area contributed by atoms with E-state index in [1.807, 2.05) is 32.0 Å². The van der Waals surface area contributed by atoms with Crippen LogP contribution in [0.25, 0.3) is 0 Å². The maximum absolute atomic E-state index is 5.53. The summed E-state index contributed by atoms with van der Waals surface area (Å²) in [6, 6.07) is 10.2. The van der Waals surface area contributed by atoms with Crippen LogP contribution < -0.4 is 16.0 Å². The Kier molecular flexibility index (Phi) is 9.21. The van der Waals surface area contributed by atoms with Gasteiger partial charge in [-0.1, -0.05) is 18.2 Å². The van der Waals surface area contributed by atoms with Crippen molar-refractivity contribution in [2.45, 2.75) is 26.8 Å². The number of aryl methyl sites for hydroxylation is 2. The van der Waals surface area contributed by atoms with Crippen LogP contribution >= 0.6 is 24.0 Å². The molecule has 0 amide bonds.